The zero-order chi connectivity index (χ0) is 38.6. The second-order valence-electron chi connectivity index (χ2n) is 12.5. The highest BCUT2D eigenvalue weighted by Crippen LogP contribution is 2.27. The second kappa shape index (κ2) is 19.7. The van der Waals surface area contributed by atoms with Gasteiger partial charge in [0.25, 0.3) is 0 Å². The van der Waals surface area contributed by atoms with Crippen molar-refractivity contribution in [3.05, 3.63) is 55.4 Å². The number of hydrogen-bond donors (Lipinski definition) is 2. The SMILES string of the molecule is CCN(Oc1cc(Cl)cc(Br)c1)C(=O)NC(C)(C)C(=O)CC(C)C.CCN(Oc1cc(Cl)cc(Br)c1)C(=O)NC(C)(C)C(=O)CCC(F)(F)F. The lowest BCUT2D eigenvalue weighted by atomic mass is 9.92. The van der Waals surface area contributed by atoms with Crippen molar-refractivity contribution in [2.45, 2.75) is 91.9 Å². The van der Waals surface area contributed by atoms with Crippen LogP contribution in [0.15, 0.2) is 45.3 Å². The molecule has 0 spiro atoms. The molecule has 17 heteroatoms. The van der Waals surface area contributed by atoms with E-state index in [2.05, 4.69) is 42.5 Å². The smallest absolute Gasteiger partial charge is 0.375 e. The number of nitrogens with zero attached hydrogens (tertiary/aromatic N) is 2. The predicted molar refractivity (Wildman–Crippen MR) is 194 cm³/mol. The lowest BCUT2D eigenvalue weighted by Gasteiger charge is -2.29. The first-order chi connectivity index (χ1) is 22.9. The van der Waals surface area contributed by atoms with Gasteiger partial charge in [-0.25, -0.2) is 9.59 Å². The maximum Gasteiger partial charge on any atom is 0.389 e. The van der Waals surface area contributed by atoms with Gasteiger partial charge in [0.2, 0.25) is 0 Å². The molecule has 2 N–H and O–H groups in total. The minimum absolute atomic E-state index is 0.0209. The van der Waals surface area contributed by atoms with Gasteiger partial charge in [-0.05, 0) is 71.7 Å². The standard InChI is InChI=1S/C17H24BrClN2O3.C16H19BrClF3N2O3/c1-6-21(24-14-9-12(18)8-13(19)10-14)16(23)20-17(4,5)15(22)7-11(2)3;1-4-23(26-12-8-10(17)7-11(18)9-12)14(25)22-15(2,3)13(24)5-6-16(19,20)21/h8-11H,6-7H2,1-5H3,(H,20,23);7-9H,4-6H2,1-3H3,(H,22,25). The molecule has 0 atom stereocenters. The Labute approximate surface area is 317 Å². The molecule has 2 aromatic carbocycles. The number of amides is 4. The van der Waals surface area contributed by atoms with Crippen LogP contribution in [0.5, 0.6) is 11.5 Å². The number of urea groups is 2. The Hall–Kier alpha value is -2.75. The molecule has 10 nitrogen and oxygen atoms in total. The molecule has 2 rings (SSSR count). The molecule has 2 aromatic rings. The first-order valence-corrected chi connectivity index (χ1v) is 17.8. The van der Waals surface area contributed by atoms with Crippen LogP contribution in [-0.4, -0.2) is 64.1 Å². The van der Waals surface area contributed by atoms with Gasteiger partial charge in [-0.15, -0.1) is 0 Å². The van der Waals surface area contributed by atoms with E-state index in [-0.39, 0.29) is 24.0 Å². The van der Waals surface area contributed by atoms with Crippen LogP contribution in [0.2, 0.25) is 10.0 Å². The van der Waals surface area contributed by atoms with E-state index in [0.29, 0.717) is 33.2 Å². The van der Waals surface area contributed by atoms with E-state index in [1.165, 1.54) is 19.9 Å². The average molecular weight is 879 g/mol. The van der Waals surface area contributed by atoms with Crippen LogP contribution in [0.25, 0.3) is 0 Å². The quantitative estimate of drug-likeness (QED) is 0.183. The Balaban J connectivity index is 0.000000502. The lowest BCUT2D eigenvalue weighted by molar-refractivity contribution is -0.145. The molecule has 0 aliphatic carbocycles. The molecule has 280 valence electrons. The van der Waals surface area contributed by atoms with E-state index in [4.69, 9.17) is 32.9 Å². The van der Waals surface area contributed by atoms with Crippen LogP contribution in [0.1, 0.15) is 74.7 Å². The molecule has 0 unspecified atom stereocenters. The third-order valence-electron chi connectivity index (χ3n) is 6.59. The van der Waals surface area contributed by atoms with Crippen molar-refractivity contribution in [3.63, 3.8) is 0 Å². The van der Waals surface area contributed by atoms with Crippen molar-refractivity contribution in [2.24, 2.45) is 5.92 Å². The fourth-order valence-corrected chi connectivity index (χ4v) is 5.57. The molecule has 0 fully saturated rings. The summed E-state index contributed by atoms with van der Waals surface area (Å²) in [5, 5.41) is 8.09. The van der Waals surface area contributed by atoms with Gasteiger partial charge in [-0.2, -0.15) is 23.3 Å². The molecular weight excluding hydrogens is 836 g/mol. The van der Waals surface area contributed by atoms with Gasteiger partial charge in [0.15, 0.2) is 23.1 Å². The van der Waals surface area contributed by atoms with Gasteiger partial charge in [0.05, 0.1) is 30.6 Å². The number of hydrogen-bond acceptors (Lipinski definition) is 6. The molecule has 0 radical (unpaired) electrons. The molecule has 0 aliphatic heterocycles. The number of alkyl halides is 3. The summed E-state index contributed by atoms with van der Waals surface area (Å²) < 4.78 is 38.2. The third kappa shape index (κ3) is 16.5. The van der Waals surface area contributed by atoms with Crippen LogP contribution in [0.3, 0.4) is 0 Å². The minimum atomic E-state index is -4.44. The average Bonchev–Trinajstić information content (AvgIpc) is 2.95. The van der Waals surface area contributed by atoms with Gasteiger partial charge in [-0.3, -0.25) is 9.59 Å². The van der Waals surface area contributed by atoms with Crippen molar-refractivity contribution in [2.75, 3.05) is 13.1 Å². The zero-order valence-electron chi connectivity index (χ0n) is 29.1. The molecule has 0 aromatic heterocycles. The largest absolute Gasteiger partial charge is 0.389 e. The summed E-state index contributed by atoms with van der Waals surface area (Å²) in [6.45, 7) is 13.9. The summed E-state index contributed by atoms with van der Waals surface area (Å²) in [6.07, 6.45) is -5.99. The van der Waals surface area contributed by atoms with Crippen molar-refractivity contribution < 1.29 is 42.0 Å². The predicted octanol–water partition coefficient (Wildman–Crippen LogP) is 9.94. The number of carbonyl (C=O) groups excluding carboxylic acids is 4. The maximum absolute atomic E-state index is 12.4. The summed E-state index contributed by atoms with van der Waals surface area (Å²) in [6, 6.07) is 8.51. The monoisotopic (exact) mass is 876 g/mol. The molecule has 0 saturated carbocycles. The van der Waals surface area contributed by atoms with Crippen molar-refractivity contribution in [1.29, 1.82) is 0 Å². The molecule has 0 aliphatic rings. The topological polar surface area (TPSA) is 117 Å². The Morgan fingerprint density at radius 1 is 0.740 bits per heavy atom. The highest BCUT2D eigenvalue weighted by molar-refractivity contribution is 9.10. The summed E-state index contributed by atoms with van der Waals surface area (Å²) >= 11 is 18.5. The number of carbonyl (C=O) groups is 4. The first-order valence-electron chi connectivity index (χ1n) is 15.5. The van der Waals surface area contributed by atoms with Gasteiger partial charge in [0, 0.05) is 44.0 Å². The van der Waals surface area contributed by atoms with Crippen LogP contribution in [0.4, 0.5) is 22.8 Å². The van der Waals surface area contributed by atoms with E-state index >= 15 is 0 Å². The summed E-state index contributed by atoms with van der Waals surface area (Å²) in [5.74, 6) is 0.188. The number of benzene rings is 2. The van der Waals surface area contributed by atoms with Crippen LogP contribution in [-0.2, 0) is 9.59 Å². The van der Waals surface area contributed by atoms with E-state index in [9.17, 15) is 32.3 Å². The summed E-state index contributed by atoms with van der Waals surface area (Å²) in [7, 11) is 0. The number of hydroxylamine groups is 4. The first kappa shape index (κ1) is 45.3. The Kier molecular flexibility index (Phi) is 17.9. The number of nitrogens with one attached hydrogen (secondary N) is 2. The molecule has 4 amide bonds. The lowest BCUT2D eigenvalue weighted by Crippen LogP contribution is -2.55. The van der Waals surface area contributed by atoms with Gasteiger partial charge in [-0.1, -0.05) is 68.9 Å². The fraction of sp³-hybridized carbons (Fsp3) is 0.515. The fourth-order valence-electron chi connectivity index (χ4n) is 3.91. The minimum Gasteiger partial charge on any atom is -0.375 e. The van der Waals surface area contributed by atoms with Crippen molar-refractivity contribution in [1.82, 2.24) is 20.8 Å². The van der Waals surface area contributed by atoms with Crippen molar-refractivity contribution >= 4 is 78.7 Å². The highest BCUT2D eigenvalue weighted by atomic mass is 79.9. The third-order valence-corrected chi connectivity index (χ3v) is 7.95. The van der Waals surface area contributed by atoms with Crippen molar-refractivity contribution in [3.8, 4) is 11.5 Å². The number of rotatable bonds is 14. The van der Waals surface area contributed by atoms with E-state index in [0.717, 1.165) is 14.6 Å². The van der Waals surface area contributed by atoms with E-state index < -0.39 is 47.9 Å². The molecular formula is C33H43Br2Cl2F3N4O6. The molecule has 0 bridgehead atoms. The van der Waals surface area contributed by atoms with Gasteiger partial charge < -0.3 is 20.3 Å². The molecule has 0 saturated heterocycles. The zero-order valence-corrected chi connectivity index (χ0v) is 33.8. The number of halogens is 7. The van der Waals surface area contributed by atoms with Crippen LogP contribution in [0, 0.1) is 5.92 Å². The highest BCUT2D eigenvalue weighted by Gasteiger charge is 2.35. The molecule has 0 heterocycles. The molecule has 50 heavy (non-hydrogen) atoms. The summed E-state index contributed by atoms with van der Waals surface area (Å²) in [5.41, 5.74) is -2.44. The van der Waals surface area contributed by atoms with E-state index in [1.54, 1.807) is 58.0 Å². The summed E-state index contributed by atoms with van der Waals surface area (Å²) in [4.78, 5) is 60.1. The van der Waals surface area contributed by atoms with Gasteiger partial charge >= 0.3 is 18.2 Å². The maximum atomic E-state index is 12.4. The van der Waals surface area contributed by atoms with E-state index in [1.807, 2.05) is 13.8 Å². The number of ketones is 2. The van der Waals surface area contributed by atoms with Crippen LogP contribution < -0.4 is 20.3 Å². The second-order valence-corrected chi connectivity index (χ2v) is 15.2. The normalized spacial score (nSPS) is 11.6. The Morgan fingerprint density at radius 2 is 1.12 bits per heavy atom. The van der Waals surface area contributed by atoms with Gasteiger partial charge in [0.1, 0.15) is 0 Å². The Bertz CT molecular complexity index is 1460. The number of Topliss-reactive ketones (excluding diaryl/α,β-unsaturated/α-hetero) is 2. The van der Waals surface area contributed by atoms with Crippen LogP contribution >= 0.6 is 55.1 Å². The Morgan fingerprint density at radius 3 is 1.44 bits per heavy atom.